The van der Waals surface area contributed by atoms with E-state index in [9.17, 15) is 13.6 Å². The number of carbonyl (C=O) groups is 1. The van der Waals surface area contributed by atoms with Crippen LogP contribution in [0.2, 0.25) is 0 Å². The van der Waals surface area contributed by atoms with Crippen LogP contribution in [0.25, 0.3) is 5.57 Å². The molecule has 2 rings (SSSR count). The van der Waals surface area contributed by atoms with Crippen molar-refractivity contribution in [3.63, 3.8) is 0 Å². The van der Waals surface area contributed by atoms with E-state index in [0.29, 0.717) is 35.6 Å². The number of hydrogen-bond donors (Lipinski definition) is 2. The number of rotatable bonds is 9. The number of amides is 1. The molecule has 0 aromatic heterocycles. The molecule has 7 heteroatoms. The lowest BCUT2D eigenvalue weighted by Gasteiger charge is -2.13. The average Bonchev–Trinajstić information content (AvgIpc) is 2.86. The number of halogens is 2. The van der Waals surface area contributed by atoms with Crippen molar-refractivity contribution in [2.24, 2.45) is 9.98 Å². The number of allylic oxidation sites excluding steroid dienone is 2. The van der Waals surface area contributed by atoms with E-state index in [1.54, 1.807) is 44.3 Å². The molecule has 0 radical (unpaired) electrons. The van der Waals surface area contributed by atoms with Gasteiger partial charge in [-0.3, -0.25) is 9.79 Å². The largest absolute Gasteiger partial charge is 0.352 e. The Morgan fingerprint density at radius 2 is 1.74 bits per heavy atom. The van der Waals surface area contributed by atoms with Crippen LogP contribution in [0.5, 0.6) is 0 Å². The second kappa shape index (κ2) is 13.3. The Morgan fingerprint density at radius 3 is 2.40 bits per heavy atom. The first-order valence-corrected chi connectivity index (χ1v) is 11.8. The predicted octanol–water partition coefficient (Wildman–Crippen LogP) is 6.84. The van der Waals surface area contributed by atoms with E-state index in [1.165, 1.54) is 13.1 Å². The van der Waals surface area contributed by atoms with Gasteiger partial charge < -0.3 is 10.6 Å². The van der Waals surface area contributed by atoms with Gasteiger partial charge in [0.05, 0.1) is 5.71 Å². The maximum absolute atomic E-state index is 14.3. The Bertz CT molecular complexity index is 1180. The third-order valence-electron chi connectivity index (χ3n) is 5.38. The molecule has 0 unspecified atom stereocenters. The van der Waals surface area contributed by atoms with Crippen LogP contribution in [-0.2, 0) is 6.42 Å². The van der Waals surface area contributed by atoms with Crippen LogP contribution < -0.4 is 10.6 Å². The molecular formula is C28H34F2N4O. The number of nitrogens with zero attached hydrogens (tertiary/aromatic N) is 2. The number of carbonyl (C=O) groups excluding carboxylic acids is 1. The van der Waals surface area contributed by atoms with Gasteiger partial charge in [0.1, 0.15) is 0 Å². The van der Waals surface area contributed by atoms with Gasteiger partial charge in [-0.15, -0.1) is 0 Å². The van der Waals surface area contributed by atoms with Crippen molar-refractivity contribution in [1.29, 1.82) is 0 Å². The summed E-state index contributed by atoms with van der Waals surface area (Å²) in [4.78, 5) is 21.3. The normalized spacial score (nSPS) is 12.9. The quantitative estimate of drug-likeness (QED) is 0.305. The van der Waals surface area contributed by atoms with Crippen LogP contribution in [0.15, 0.2) is 58.8 Å². The van der Waals surface area contributed by atoms with E-state index in [-0.39, 0.29) is 17.0 Å². The van der Waals surface area contributed by atoms with Crippen LogP contribution >= 0.6 is 0 Å². The number of amidine groups is 1. The summed E-state index contributed by atoms with van der Waals surface area (Å²) in [6, 6.07) is 8.63. The van der Waals surface area contributed by atoms with Crippen molar-refractivity contribution in [3.8, 4) is 0 Å². The van der Waals surface area contributed by atoms with Gasteiger partial charge in [0.25, 0.3) is 5.91 Å². The van der Waals surface area contributed by atoms with E-state index < -0.39 is 11.6 Å². The molecule has 0 aliphatic heterocycles. The van der Waals surface area contributed by atoms with Crippen LogP contribution in [0.4, 0.5) is 14.5 Å². The van der Waals surface area contributed by atoms with Gasteiger partial charge in [0.15, 0.2) is 17.5 Å². The number of hydrogen-bond acceptors (Lipinski definition) is 3. The van der Waals surface area contributed by atoms with Crippen molar-refractivity contribution >= 4 is 28.7 Å². The number of aryl methyl sites for hydroxylation is 2. The summed E-state index contributed by atoms with van der Waals surface area (Å²) in [5, 5.41) is 6.18. The fraction of sp³-hybridized carbons (Fsp3) is 0.321. The van der Waals surface area contributed by atoms with Gasteiger partial charge in [-0.25, -0.2) is 13.8 Å². The molecule has 1 amide bonds. The Kier molecular flexibility index (Phi) is 10.5. The molecule has 0 heterocycles. The third-order valence-corrected chi connectivity index (χ3v) is 5.38. The van der Waals surface area contributed by atoms with E-state index >= 15 is 0 Å². The van der Waals surface area contributed by atoms with Gasteiger partial charge in [-0.05, 0) is 75.4 Å². The summed E-state index contributed by atoms with van der Waals surface area (Å²) in [5.74, 6) is -1.33. The molecule has 0 aliphatic carbocycles. The van der Waals surface area contributed by atoms with Crippen molar-refractivity contribution in [2.75, 3.05) is 11.9 Å². The Labute approximate surface area is 206 Å². The summed E-state index contributed by atoms with van der Waals surface area (Å²) >= 11 is 0. The molecule has 0 spiro atoms. The maximum Gasteiger partial charge on any atom is 0.251 e. The molecule has 0 bridgehead atoms. The Morgan fingerprint density at radius 1 is 1.03 bits per heavy atom. The van der Waals surface area contributed by atoms with Crippen molar-refractivity contribution in [1.82, 2.24) is 5.32 Å². The van der Waals surface area contributed by atoms with Gasteiger partial charge in [0, 0.05) is 35.8 Å². The number of anilines is 1. The minimum atomic E-state index is -0.886. The molecule has 0 saturated heterocycles. The molecule has 35 heavy (non-hydrogen) atoms. The summed E-state index contributed by atoms with van der Waals surface area (Å²) in [5.41, 5.74) is 3.78. The zero-order chi connectivity index (χ0) is 26.0. The van der Waals surface area contributed by atoms with Crippen molar-refractivity contribution in [2.45, 2.75) is 54.4 Å². The molecule has 0 aliphatic rings. The first-order chi connectivity index (χ1) is 16.7. The topological polar surface area (TPSA) is 65.8 Å². The van der Waals surface area contributed by atoms with Gasteiger partial charge >= 0.3 is 0 Å². The van der Waals surface area contributed by atoms with Gasteiger partial charge in [0.2, 0.25) is 0 Å². The van der Waals surface area contributed by atoms with Crippen LogP contribution in [-0.4, -0.2) is 24.0 Å². The molecular weight excluding hydrogens is 446 g/mol. The first kappa shape index (κ1) is 27.6. The molecule has 0 fully saturated rings. The molecule has 2 aromatic rings. The Balaban J connectivity index is 2.34. The fourth-order valence-electron chi connectivity index (χ4n) is 3.30. The summed E-state index contributed by atoms with van der Waals surface area (Å²) in [6.45, 7) is 11.5. The summed E-state index contributed by atoms with van der Waals surface area (Å²) < 4.78 is 28.3. The molecule has 2 aromatic carbocycles. The second-order valence-corrected chi connectivity index (χ2v) is 8.15. The lowest BCUT2D eigenvalue weighted by Crippen LogP contribution is -2.25. The summed E-state index contributed by atoms with van der Waals surface area (Å²) in [6.07, 6.45) is 6.49. The van der Waals surface area contributed by atoms with Crippen molar-refractivity contribution in [3.05, 3.63) is 82.7 Å². The van der Waals surface area contributed by atoms with Crippen LogP contribution in [0.3, 0.4) is 0 Å². The highest BCUT2D eigenvalue weighted by atomic mass is 19.2. The predicted molar refractivity (Wildman–Crippen MR) is 142 cm³/mol. The monoisotopic (exact) mass is 480 g/mol. The van der Waals surface area contributed by atoms with Crippen LogP contribution in [0, 0.1) is 18.6 Å². The lowest BCUT2D eigenvalue weighted by atomic mass is 10.0. The van der Waals surface area contributed by atoms with Gasteiger partial charge in [-0.1, -0.05) is 32.1 Å². The van der Waals surface area contributed by atoms with Gasteiger partial charge in [-0.2, -0.15) is 0 Å². The van der Waals surface area contributed by atoms with E-state index in [4.69, 9.17) is 0 Å². The number of benzene rings is 2. The second-order valence-electron chi connectivity index (χ2n) is 8.15. The van der Waals surface area contributed by atoms with Crippen molar-refractivity contribution < 1.29 is 13.6 Å². The number of nitrogens with one attached hydrogen (secondary N) is 2. The average molecular weight is 481 g/mol. The van der Waals surface area contributed by atoms with E-state index in [1.807, 2.05) is 32.9 Å². The smallest absolute Gasteiger partial charge is 0.251 e. The lowest BCUT2D eigenvalue weighted by molar-refractivity contribution is 0.0953. The standard InChI is InChI=1S/C28H34F2N4O/c1-7-14-31-27(20(6)33-17-19(5)23-12-10-18(4)25(29)26(23)30)34-22-11-13-24(21(9-3)16-22)28(35)32-15-8-2/h7,10-14,16-17H,8-9,15H2,1-6H3,(H,31,34)(H,32,35)/b14-7-,19-17+,33-20?. The highest BCUT2D eigenvalue weighted by Crippen LogP contribution is 2.22. The summed E-state index contributed by atoms with van der Waals surface area (Å²) in [7, 11) is 0. The van der Waals surface area contributed by atoms with E-state index in [2.05, 4.69) is 20.6 Å². The minimum absolute atomic E-state index is 0.0869. The van der Waals surface area contributed by atoms with E-state index in [0.717, 1.165) is 17.7 Å². The molecule has 2 N–H and O–H groups in total. The highest BCUT2D eigenvalue weighted by Gasteiger charge is 2.13. The maximum atomic E-state index is 14.3. The molecule has 186 valence electrons. The zero-order valence-electron chi connectivity index (χ0n) is 21.3. The Hall–Kier alpha value is -3.61. The third kappa shape index (κ3) is 7.44. The molecule has 0 atom stereocenters. The minimum Gasteiger partial charge on any atom is -0.352 e. The number of aliphatic imine (C=N–C) groups is 2. The molecule has 0 saturated carbocycles. The first-order valence-electron chi connectivity index (χ1n) is 11.8. The van der Waals surface area contributed by atoms with Crippen LogP contribution in [0.1, 0.15) is 68.1 Å². The zero-order valence-corrected chi connectivity index (χ0v) is 21.3. The highest BCUT2D eigenvalue weighted by molar-refractivity contribution is 6.45. The SMILES string of the molecule is C/C=C\N=C(Nc1ccc(C(=O)NCCC)c(CC)c1)C(C)=N/C=C(\C)c1ccc(C)c(F)c1F. The molecule has 5 nitrogen and oxygen atoms in total. The fourth-order valence-corrected chi connectivity index (χ4v) is 3.30.